The number of aromatic amines is 1. The molecule has 0 saturated heterocycles. The second-order valence-electron chi connectivity index (χ2n) is 8.63. The van der Waals surface area contributed by atoms with Gasteiger partial charge in [0.1, 0.15) is 24.2 Å². The number of aliphatic carboxylic acids is 2. The highest BCUT2D eigenvalue weighted by Gasteiger charge is 2.31. The Hall–Kier alpha value is -3.52. The van der Waals surface area contributed by atoms with Crippen LogP contribution in [-0.4, -0.2) is 85.2 Å². The maximum atomic E-state index is 13.0. The molecule has 1 aromatic heterocycles. The molecule has 3 amide bonds. The van der Waals surface area contributed by atoms with Gasteiger partial charge in [-0.3, -0.25) is 19.2 Å². The summed E-state index contributed by atoms with van der Waals surface area (Å²) in [6, 6.07) is -5.22. The van der Waals surface area contributed by atoms with Crippen LogP contribution in [0.25, 0.3) is 0 Å². The van der Waals surface area contributed by atoms with Gasteiger partial charge in [0.2, 0.25) is 17.7 Å². The second kappa shape index (κ2) is 14.0. The zero-order valence-corrected chi connectivity index (χ0v) is 19.9. The minimum atomic E-state index is -1.39. The fourth-order valence-corrected chi connectivity index (χ4v) is 3.09. The van der Waals surface area contributed by atoms with E-state index < -0.39 is 66.4 Å². The van der Waals surface area contributed by atoms with E-state index in [1.165, 1.54) is 19.4 Å². The monoisotopic (exact) mass is 498 g/mol. The standard InChI is InChI=1S/C21H34N6O8/c1-10(2)6-15(21(34)35)27-18(31)13(4-5-16(29)30)25-19(32)14(7-12-8-23-9-24-12)26-20(33)17(22)11(3)28/h8-11,13-15,17,28H,4-7,22H2,1-3H3,(H,23,24)(H,25,32)(H,26,33)(H,27,31)(H,29,30)(H,34,35). The van der Waals surface area contributed by atoms with E-state index in [1.807, 2.05) is 0 Å². The molecular formula is C21H34N6O8. The summed E-state index contributed by atoms with van der Waals surface area (Å²) in [7, 11) is 0. The van der Waals surface area contributed by atoms with Crippen molar-refractivity contribution in [3.63, 3.8) is 0 Å². The molecule has 35 heavy (non-hydrogen) atoms. The van der Waals surface area contributed by atoms with Crippen molar-refractivity contribution < 1.29 is 39.3 Å². The molecule has 0 saturated carbocycles. The number of carboxylic acids is 2. The Labute approximate surface area is 202 Å². The Morgan fingerprint density at radius 3 is 2.03 bits per heavy atom. The smallest absolute Gasteiger partial charge is 0.326 e. The maximum Gasteiger partial charge on any atom is 0.326 e. The second-order valence-corrected chi connectivity index (χ2v) is 8.63. The first-order valence-electron chi connectivity index (χ1n) is 11.1. The molecule has 0 aromatic carbocycles. The van der Waals surface area contributed by atoms with Crippen molar-refractivity contribution in [2.24, 2.45) is 11.7 Å². The molecule has 5 unspecified atom stereocenters. The SMILES string of the molecule is CC(C)CC(NC(=O)C(CCC(=O)O)NC(=O)C(Cc1cnc[nH]1)NC(=O)C(N)C(C)O)C(=O)O. The molecule has 1 aromatic rings. The summed E-state index contributed by atoms with van der Waals surface area (Å²) < 4.78 is 0. The van der Waals surface area contributed by atoms with Crippen LogP contribution in [0.1, 0.15) is 45.7 Å². The van der Waals surface area contributed by atoms with E-state index in [-0.39, 0.29) is 25.2 Å². The number of carbonyl (C=O) groups excluding carboxylic acids is 3. The van der Waals surface area contributed by atoms with Crippen molar-refractivity contribution in [1.82, 2.24) is 25.9 Å². The highest BCUT2D eigenvalue weighted by molar-refractivity contribution is 5.94. The summed E-state index contributed by atoms with van der Waals surface area (Å²) >= 11 is 0. The van der Waals surface area contributed by atoms with Crippen LogP contribution in [0.3, 0.4) is 0 Å². The zero-order valence-electron chi connectivity index (χ0n) is 19.9. The third-order valence-corrected chi connectivity index (χ3v) is 5.04. The first kappa shape index (κ1) is 29.5. The Kier molecular flexibility index (Phi) is 11.8. The first-order chi connectivity index (χ1) is 16.3. The van der Waals surface area contributed by atoms with Crippen molar-refractivity contribution >= 4 is 29.7 Å². The molecule has 0 radical (unpaired) electrons. The number of nitrogens with one attached hydrogen (secondary N) is 4. The van der Waals surface area contributed by atoms with Crippen LogP contribution >= 0.6 is 0 Å². The van der Waals surface area contributed by atoms with E-state index in [4.69, 9.17) is 10.8 Å². The number of H-pyrrole nitrogens is 1. The minimum Gasteiger partial charge on any atom is -0.481 e. The topological polar surface area (TPSA) is 237 Å². The van der Waals surface area contributed by atoms with Crippen LogP contribution in [0.4, 0.5) is 0 Å². The molecule has 5 atom stereocenters. The molecule has 0 spiro atoms. The van der Waals surface area contributed by atoms with E-state index in [0.29, 0.717) is 5.69 Å². The van der Waals surface area contributed by atoms with Gasteiger partial charge in [0.15, 0.2) is 0 Å². The summed E-state index contributed by atoms with van der Waals surface area (Å²) in [4.78, 5) is 67.4. The van der Waals surface area contributed by atoms with Gasteiger partial charge in [-0.05, 0) is 25.7 Å². The van der Waals surface area contributed by atoms with Crippen molar-refractivity contribution in [3.8, 4) is 0 Å². The van der Waals surface area contributed by atoms with Crippen molar-refractivity contribution in [3.05, 3.63) is 18.2 Å². The predicted octanol–water partition coefficient (Wildman–Crippen LogP) is -1.89. The summed E-state index contributed by atoms with van der Waals surface area (Å²) in [5.41, 5.74) is 6.10. The molecule has 1 heterocycles. The zero-order chi connectivity index (χ0) is 26.7. The number of carbonyl (C=O) groups is 5. The van der Waals surface area contributed by atoms with Gasteiger partial charge in [-0.15, -0.1) is 0 Å². The van der Waals surface area contributed by atoms with E-state index in [9.17, 15) is 34.2 Å². The highest BCUT2D eigenvalue weighted by atomic mass is 16.4. The number of nitrogens with zero attached hydrogens (tertiary/aromatic N) is 1. The van der Waals surface area contributed by atoms with Gasteiger partial charge in [-0.25, -0.2) is 9.78 Å². The molecule has 14 nitrogen and oxygen atoms in total. The molecule has 9 N–H and O–H groups in total. The molecule has 14 heteroatoms. The molecule has 0 aliphatic rings. The number of hydrogen-bond donors (Lipinski definition) is 8. The van der Waals surface area contributed by atoms with Gasteiger partial charge in [0.25, 0.3) is 0 Å². The quantitative estimate of drug-likeness (QED) is 0.134. The Morgan fingerprint density at radius 1 is 0.971 bits per heavy atom. The molecule has 0 aliphatic heterocycles. The van der Waals surface area contributed by atoms with Crippen LogP contribution < -0.4 is 21.7 Å². The number of amides is 3. The largest absolute Gasteiger partial charge is 0.481 e. The summed E-state index contributed by atoms with van der Waals surface area (Å²) in [5, 5.41) is 35.1. The average Bonchev–Trinajstić information content (AvgIpc) is 3.27. The van der Waals surface area contributed by atoms with Crippen molar-refractivity contribution in [2.75, 3.05) is 0 Å². The molecular weight excluding hydrogens is 464 g/mol. The number of imidazole rings is 1. The highest BCUT2D eigenvalue weighted by Crippen LogP contribution is 2.08. The molecule has 196 valence electrons. The van der Waals surface area contributed by atoms with Gasteiger partial charge >= 0.3 is 11.9 Å². The number of hydrogen-bond acceptors (Lipinski definition) is 8. The molecule has 0 bridgehead atoms. The van der Waals surface area contributed by atoms with Gasteiger partial charge in [-0.2, -0.15) is 0 Å². The Morgan fingerprint density at radius 2 is 1.54 bits per heavy atom. The average molecular weight is 499 g/mol. The van der Waals surface area contributed by atoms with Gasteiger partial charge < -0.3 is 42.0 Å². The third-order valence-electron chi connectivity index (χ3n) is 5.04. The number of nitrogens with two attached hydrogens (primary N) is 1. The van der Waals surface area contributed by atoms with Crippen molar-refractivity contribution in [1.29, 1.82) is 0 Å². The lowest BCUT2D eigenvalue weighted by Crippen LogP contribution is -2.58. The molecule has 1 rings (SSSR count). The number of carboxylic acid groups (broad SMARTS) is 2. The summed E-state index contributed by atoms with van der Waals surface area (Å²) in [6.07, 6.45) is 0.813. The fraction of sp³-hybridized carbons (Fsp3) is 0.619. The van der Waals surface area contributed by atoms with Crippen LogP contribution in [0.5, 0.6) is 0 Å². The maximum absolute atomic E-state index is 13.0. The normalized spacial score (nSPS) is 15.4. The Bertz CT molecular complexity index is 873. The van der Waals surface area contributed by atoms with Crippen LogP contribution in [0.2, 0.25) is 0 Å². The predicted molar refractivity (Wildman–Crippen MR) is 122 cm³/mol. The van der Waals surface area contributed by atoms with E-state index in [0.717, 1.165) is 0 Å². The Balaban J connectivity index is 3.08. The number of aliphatic hydroxyl groups is 1. The van der Waals surface area contributed by atoms with Gasteiger partial charge in [0, 0.05) is 24.7 Å². The number of rotatable bonds is 15. The third kappa shape index (κ3) is 10.5. The lowest BCUT2D eigenvalue weighted by molar-refractivity contribution is -0.143. The lowest BCUT2D eigenvalue weighted by atomic mass is 10.0. The fourth-order valence-electron chi connectivity index (χ4n) is 3.09. The number of aromatic nitrogens is 2. The van der Waals surface area contributed by atoms with Gasteiger partial charge in [-0.1, -0.05) is 13.8 Å². The molecule has 0 aliphatic carbocycles. The molecule has 0 fully saturated rings. The van der Waals surface area contributed by atoms with Crippen LogP contribution in [-0.2, 0) is 30.4 Å². The lowest BCUT2D eigenvalue weighted by Gasteiger charge is -2.25. The van der Waals surface area contributed by atoms with Crippen LogP contribution in [0.15, 0.2) is 12.5 Å². The van der Waals surface area contributed by atoms with E-state index in [1.54, 1.807) is 13.8 Å². The number of aliphatic hydroxyl groups excluding tert-OH is 1. The summed E-state index contributed by atoms with van der Waals surface area (Å²) in [6.45, 7) is 4.84. The van der Waals surface area contributed by atoms with Crippen LogP contribution in [0, 0.1) is 5.92 Å². The van der Waals surface area contributed by atoms with E-state index in [2.05, 4.69) is 25.9 Å². The van der Waals surface area contributed by atoms with E-state index >= 15 is 0 Å². The van der Waals surface area contributed by atoms with Gasteiger partial charge in [0.05, 0.1) is 12.4 Å². The summed E-state index contributed by atoms with van der Waals surface area (Å²) in [5.74, 6) is -5.09. The minimum absolute atomic E-state index is 0.0596. The first-order valence-corrected chi connectivity index (χ1v) is 11.1. The van der Waals surface area contributed by atoms with Crippen molar-refractivity contribution in [2.45, 2.75) is 76.7 Å².